The van der Waals surface area contributed by atoms with Gasteiger partial charge in [-0.3, -0.25) is 0 Å². The smallest absolute Gasteiger partial charge is 0.133 e. The molecule has 20 heavy (non-hydrogen) atoms. The van der Waals surface area contributed by atoms with E-state index >= 15 is 0 Å². The van der Waals surface area contributed by atoms with Gasteiger partial charge in [0.05, 0.1) is 0 Å². The summed E-state index contributed by atoms with van der Waals surface area (Å²) in [5.41, 5.74) is 1.30. The first-order valence-corrected chi connectivity index (χ1v) is 8.51. The van der Waals surface area contributed by atoms with E-state index in [4.69, 9.17) is 4.74 Å². The molecule has 0 bridgehead atoms. The summed E-state index contributed by atoms with van der Waals surface area (Å²) in [5, 5.41) is 3.64. The third-order valence-electron chi connectivity index (χ3n) is 3.64. The lowest BCUT2D eigenvalue weighted by molar-refractivity contribution is 0.165. The van der Waals surface area contributed by atoms with Gasteiger partial charge in [0.25, 0.3) is 0 Å². The van der Waals surface area contributed by atoms with Crippen LogP contribution in [-0.4, -0.2) is 24.4 Å². The predicted octanol–water partition coefficient (Wildman–Crippen LogP) is 4.26. The number of para-hydroxylation sites is 1. The standard InChI is InChI=1S/C17H25NOS/c1-4-10-18-14(11-13(3)5-2)16-12-20-17-9-7-6-8-15(17)19-16/h6-9,14,16,18H,3-5,10-12H2,1-2H3. The molecule has 2 rings (SSSR count). The molecule has 0 spiro atoms. The Hall–Kier alpha value is -0.930. The molecular weight excluding hydrogens is 266 g/mol. The normalized spacial score (nSPS) is 19.0. The van der Waals surface area contributed by atoms with Crippen molar-refractivity contribution in [2.45, 2.75) is 50.2 Å². The van der Waals surface area contributed by atoms with E-state index in [9.17, 15) is 0 Å². The third-order valence-corrected chi connectivity index (χ3v) is 4.79. The zero-order valence-electron chi connectivity index (χ0n) is 12.5. The van der Waals surface area contributed by atoms with Crippen molar-refractivity contribution in [3.63, 3.8) is 0 Å². The molecule has 1 aromatic carbocycles. The quantitative estimate of drug-likeness (QED) is 0.758. The second-order valence-corrected chi connectivity index (χ2v) is 6.34. The highest BCUT2D eigenvalue weighted by atomic mass is 32.2. The van der Waals surface area contributed by atoms with E-state index in [1.807, 2.05) is 17.8 Å². The molecule has 110 valence electrons. The first kappa shape index (κ1) is 15.5. The summed E-state index contributed by atoms with van der Waals surface area (Å²) in [5.74, 6) is 2.04. The molecule has 0 saturated heterocycles. The van der Waals surface area contributed by atoms with Crippen LogP contribution < -0.4 is 10.1 Å². The molecule has 2 unspecified atom stereocenters. The van der Waals surface area contributed by atoms with Gasteiger partial charge in [-0.2, -0.15) is 0 Å². The summed E-state index contributed by atoms with van der Waals surface area (Å²) < 4.78 is 6.21. The Balaban J connectivity index is 2.04. The van der Waals surface area contributed by atoms with Crippen molar-refractivity contribution in [1.29, 1.82) is 0 Å². The highest BCUT2D eigenvalue weighted by Gasteiger charge is 2.27. The van der Waals surface area contributed by atoms with Crippen molar-refractivity contribution in [3.8, 4) is 5.75 Å². The largest absolute Gasteiger partial charge is 0.487 e. The van der Waals surface area contributed by atoms with Gasteiger partial charge in [-0.15, -0.1) is 11.8 Å². The van der Waals surface area contributed by atoms with Crippen molar-refractivity contribution in [2.24, 2.45) is 0 Å². The molecule has 1 aliphatic rings. The van der Waals surface area contributed by atoms with E-state index in [0.29, 0.717) is 6.04 Å². The zero-order chi connectivity index (χ0) is 14.4. The number of ether oxygens (including phenoxy) is 1. The van der Waals surface area contributed by atoms with Gasteiger partial charge in [0.2, 0.25) is 0 Å². The minimum Gasteiger partial charge on any atom is -0.487 e. The molecule has 0 saturated carbocycles. The van der Waals surface area contributed by atoms with Crippen LogP contribution in [0, 0.1) is 0 Å². The maximum atomic E-state index is 6.21. The van der Waals surface area contributed by atoms with Gasteiger partial charge < -0.3 is 10.1 Å². The van der Waals surface area contributed by atoms with Gasteiger partial charge in [-0.1, -0.05) is 38.1 Å². The van der Waals surface area contributed by atoms with Crippen molar-refractivity contribution in [1.82, 2.24) is 5.32 Å². The molecule has 1 aromatic rings. The van der Waals surface area contributed by atoms with Crippen LogP contribution in [0.2, 0.25) is 0 Å². The van der Waals surface area contributed by atoms with Crippen LogP contribution >= 0.6 is 11.8 Å². The van der Waals surface area contributed by atoms with Crippen molar-refractivity contribution < 1.29 is 4.74 Å². The summed E-state index contributed by atoms with van der Waals surface area (Å²) in [7, 11) is 0. The maximum Gasteiger partial charge on any atom is 0.133 e. The van der Waals surface area contributed by atoms with Crippen molar-refractivity contribution >= 4 is 11.8 Å². The van der Waals surface area contributed by atoms with Crippen LogP contribution in [0.1, 0.15) is 33.1 Å². The fourth-order valence-electron chi connectivity index (χ4n) is 2.35. The molecule has 1 aliphatic heterocycles. The molecule has 3 heteroatoms. The van der Waals surface area contributed by atoms with E-state index in [0.717, 1.165) is 37.3 Å². The predicted molar refractivity (Wildman–Crippen MR) is 87.7 cm³/mol. The SMILES string of the molecule is C=C(CC)CC(NCCC)C1CSc2ccccc2O1. The fourth-order valence-corrected chi connectivity index (χ4v) is 3.43. The zero-order valence-corrected chi connectivity index (χ0v) is 13.3. The number of hydrogen-bond acceptors (Lipinski definition) is 3. The van der Waals surface area contributed by atoms with E-state index in [-0.39, 0.29) is 6.10 Å². The highest BCUT2D eigenvalue weighted by molar-refractivity contribution is 7.99. The molecule has 0 aliphatic carbocycles. The first-order chi connectivity index (χ1) is 9.74. The monoisotopic (exact) mass is 291 g/mol. The first-order valence-electron chi connectivity index (χ1n) is 7.53. The van der Waals surface area contributed by atoms with Gasteiger partial charge >= 0.3 is 0 Å². The summed E-state index contributed by atoms with van der Waals surface area (Å²) in [6.45, 7) is 9.56. The summed E-state index contributed by atoms with van der Waals surface area (Å²) >= 11 is 1.90. The minimum atomic E-state index is 0.227. The van der Waals surface area contributed by atoms with Gasteiger partial charge in [-0.25, -0.2) is 0 Å². The Labute approximate surface area is 127 Å². The topological polar surface area (TPSA) is 21.3 Å². The summed E-state index contributed by atoms with van der Waals surface area (Å²) in [6.07, 6.45) is 3.42. The Bertz CT molecular complexity index is 446. The molecule has 0 radical (unpaired) electrons. The lowest BCUT2D eigenvalue weighted by atomic mass is 10.0. The molecule has 0 amide bonds. The van der Waals surface area contributed by atoms with Crippen molar-refractivity contribution in [2.75, 3.05) is 12.3 Å². The number of benzene rings is 1. The van der Waals surface area contributed by atoms with Crippen LogP contribution in [0.5, 0.6) is 5.75 Å². The molecule has 1 N–H and O–H groups in total. The van der Waals surface area contributed by atoms with Crippen LogP contribution in [0.3, 0.4) is 0 Å². The van der Waals surface area contributed by atoms with E-state index < -0.39 is 0 Å². The molecule has 2 nitrogen and oxygen atoms in total. The van der Waals surface area contributed by atoms with Crippen LogP contribution in [0.4, 0.5) is 0 Å². The van der Waals surface area contributed by atoms with E-state index in [1.165, 1.54) is 10.5 Å². The third kappa shape index (κ3) is 4.03. The van der Waals surface area contributed by atoms with Crippen molar-refractivity contribution in [3.05, 3.63) is 36.4 Å². The molecule has 2 atom stereocenters. The second kappa shape index (κ2) is 7.75. The molecule has 0 fully saturated rings. The van der Waals surface area contributed by atoms with Crippen LogP contribution in [-0.2, 0) is 0 Å². The fraction of sp³-hybridized carbons (Fsp3) is 0.529. The number of fused-ring (bicyclic) bond motifs is 1. The second-order valence-electron chi connectivity index (χ2n) is 5.28. The number of thioether (sulfide) groups is 1. The Kier molecular flexibility index (Phi) is 5.99. The number of rotatable bonds is 7. The van der Waals surface area contributed by atoms with Crippen LogP contribution in [0.15, 0.2) is 41.3 Å². The average Bonchev–Trinajstić information content (AvgIpc) is 2.50. The Morgan fingerprint density at radius 2 is 2.25 bits per heavy atom. The van der Waals surface area contributed by atoms with Gasteiger partial charge in [0, 0.05) is 16.7 Å². The molecule has 0 aromatic heterocycles. The average molecular weight is 291 g/mol. The van der Waals surface area contributed by atoms with E-state index in [2.05, 4.69) is 43.9 Å². The highest BCUT2D eigenvalue weighted by Crippen LogP contribution is 2.36. The van der Waals surface area contributed by atoms with Gasteiger partial charge in [-0.05, 0) is 37.9 Å². The lowest BCUT2D eigenvalue weighted by Crippen LogP contribution is -2.46. The lowest BCUT2D eigenvalue weighted by Gasteiger charge is -2.33. The Morgan fingerprint density at radius 3 is 3.00 bits per heavy atom. The maximum absolute atomic E-state index is 6.21. The number of nitrogens with one attached hydrogen (secondary N) is 1. The van der Waals surface area contributed by atoms with E-state index in [1.54, 1.807) is 0 Å². The number of hydrogen-bond donors (Lipinski definition) is 1. The Morgan fingerprint density at radius 1 is 1.45 bits per heavy atom. The summed E-state index contributed by atoms with van der Waals surface area (Å²) in [4.78, 5) is 1.26. The van der Waals surface area contributed by atoms with Crippen LogP contribution in [0.25, 0.3) is 0 Å². The van der Waals surface area contributed by atoms with Gasteiger partial charge in [0.15, 0.2) is 0 Å². The molecular formula is C17H25NOS. The summed E-state index contributed by atoms with van der Waals surface area (Å²) in [6, 6.07) is 8.68. The minimum absolute atomic E-state index is 0.227. The molecule has 1 heterocycles. The van der Waals surface area contributed by atoms with Gasteiger partial charge in [0.1, 0.15) is 11.9 Å².